The molecule has 0 aliphatic heterocycles. The molecule has 0 radical (unpaired) electrons. The van der Waals surface area contributed by atoms with E-state index in [-0.39, 0.29) is 16.9 Å². The van der Waals surface area contributed by atoms with Gasteiger partial charge in [0.25, 0.3) is 0 Å². The van der Waals surface area contributed by atoms with Crippen molar-refractivity contribution >= 4 is 15.8 Å². The van der Waals surface area contributed by atoms with E-state index >= 15 is 0 Å². The normalized spacial score (nSPS) is 13.5. The van der Waals surface area contributed by atoms with Crippen LogP contribution in [0.25, 0.3) is 0 Å². The fourth-order valence-corrected chi connectivity index (χ4v) is 3.20. The number of nitrogens with one attached hydrogen (secondary N) is 2. The molecule has 0 amide bonds. The molecular weight excluding hydrogens is 262 g/mol. The number of hydrogen-bond donors (Lipinski definition) is 2. The lowest BCUT2D eigenvalue weighted by Gasteiger charge is -2.20. The molecular formula is C13H23N3O2S. The van der Waals surface area contributed by atoms with Crippen LogP contribution in [0.3, 0.4) is 0 Å². The molecule has 0 aliphatic carbocycles. The second-order valence-electron chi connectivity index (χ2n) is 4.79. The summed E-state index contributed by atoms with van der Waals surface area (Å²) in [6.45, 7) is 8.69. The summed E-state index contributed by atoms with van der Waals surface area (Å²) in [5.74, 6) is 0.936. The minimum Gasteiger partial charge on any atom is -0.370 e. The Labute approximate surface area is 115 Å². The molecule has 5 nitrogen and oxygen atoms in total. The van der Waals surface area contributed by atoms with Crippen molar-refractivity contribution in [2.24, 2.45) is 5.92 Å². The van der Waals surface area contributed by atoms with Gasteiger partial charge in [-0.25, -0.2) is 18.1 Å². The lowest BCUT2D eigenvalue weighted by atomic mass is 10.0. The fraction of sp³-hybridized carbons (Fsp3) is 0.615. The van der Waals surface area contributed by atoms with E-state index in [9.17, 15) is 8.42 Å². The van der Waals surface area contributed by atoms with E-state index in [1.165, 1.54) is 6.20 Å². The predicted octanol–water partition coefficient (Wildman–Crippen LogP) is 2.23. The highest BCUT2D eigenvalue weighted by Crippen LogP contribution is 2.14. The van der Waals surface area contributed by atoms with Gasteiger partial charge in [0, 0.05) is 18.8 Å². The minimum absolute atomic E-state index is 0.0570. The van der Waals surface area contributed by atoms with E-state index in [1.54, 1.807) is 12.1 Å². The van der Waals surface area contributed by atoms with Gasteiger partial charge in [0.05, 0.1) is 0 Å². The number of sulfonamides is 1. The molecule has 2 N–H and O–H groups in total. The summed E-state index contributed by atoms with van der Waals surface area (Å²) < 4.78 is 27.1. The zero-order valence-electron chi connectivity index (χ0n) is 12.0. The Morgan fingerprint density at radius 3 is 2.37 bits per heavy atom. The monoisotopic (exact) mass is 285 g/mol. The Balaban J connectivity index is 2.87. The van der Waals surface area contributed by atoms with E-state index in [0.717, 1.165) is 13.0 Å². The van der Waals surface area contributed by atoms with Crippen LogP contribution >= 0.6 is 0 Å². The van der Waals surface area contributed by atoms with Gasteiger partial charge in [0.2, 0.25) is 10.0 Å². The standard InChI is InChI=1S/C13H23N3O2S/c1-5-12(10(3)4)16-19(17,18)11-7-8-13(14-6-2)15-9-11/h7-10,12,16H,5-6H2,1-4H3,(H,14,15). The van der Waals surface area contributed by atoms with Crippen molar-refractivity contribution in [1.82, 2.24) is 9.71 Å². The summed E-state index contributed by atoms with van der Waals surface area (Å²) in [4.78, 5) is 4.28. The van der Waals surface area contributed by atoms with Crippen molar-refractivity contribution < 1.29 is 8.42 Å². The van der Waals surface area contributed by atoms with Crippen molar-refractivity contribution in [3.8, 4) is 0 Å². The molecule has 0 saturated heterocycles. The van der Waals surface area contributed by atoms with Crippen LogP contribution in [0.15, 0.2) is 23.2 Å². The van der Waals surface area contributed by atoms with Gasteiger partial charge in [0.1, 0.15) is 10.7 Å². The van der Waals surface area contributed by atoms with E-state index in [1.807, 2.05) is 27.7 Å². The first-order valence-electron chi connectivity index (χ1n) is 6.63. The minimum atomic E-state index is -3.49. The van der Waals surface area contributed by atoms with Crippen molar-refractivity contribution in [2.75, 3.05) is 11.9 Å². The first-order chi connectivity index (χ1) is 8.90. The quantitative estimate of drug-likeness (QED) is 0.806. The number of pyridine rings is 1. The first kappa shape index (κ1) is 15.9. The number of nitrogens with zero attached hydrogens (tertiary/aromatic N) is 1. The molecule has 1 unspecified atom stereocenters. The van der Waals surface area contributed by atoms with Crippen LogP contribution in [0.1, 0.15) is 34.1 Å². The predicted molar refractivity (Wildman–Crippen MR) is 77.6 cm³/mol. The lowest BCUT2D eigenvalue weighted by molar-refractivity contribution is 0.437. The van der Waals surface area contributed by atoms with E-state index in [0.29, 0.717) is 5.82 Å². The van der Waals surface area contributed by atoms with Crippen molar-refractivity contribution in [3.05, 3.63) is 18.3 Å². The van der Waals surface area contributed by atoms with Crippen LogP contribution in [0, 0.1) is 5.92 Å². The van der Waals surface area contributed by atoms with Gasteiger partial charge in [0.15, 0.2) is 0 Å². The van der Waals surface area contributed by atoms with Crippen LogP contribution in [0.4, 0.5) is 5.82 Å². The van der Waals surface area contributed by atoms with Gasteiger partial charge in [-0.2, -0.15) is 0 Å². The molecule has 0 bridgehead atoms. The first-order valence-corrected chi connectivity index (χ1v) is 8.11. The Bertz CT molecular complexity index is 483. The fourth-order valence-electron chi connectivity index (χ4n) is 1.78. The average molecular weight is 285 g/mol. The van der Waals surface area contributed by atoms with Gasteiger partial charge in [-0.05, 0) is 31.4 Å². The third-order valence-electron chi connectivity index (χ3n) is 2.96. The Hall–Kier alpha value is -1.14. The molecule has 19 heavy (non-hydrogen) atoms. The van der Waals surface area contributed by atoms with Crippen molar-refractivity contribution in [1.29, 1.82) is 0 Å². The van der Waals surface area contributed by atoms with Gasteiger partial charge < -0.3 is 5.32 Å². The molecule has 0 fully saturated rings. The number of hydrogen-bond acceptors (Lipinski definition) is 4. The molecule has 0 spiro atoms. The zero-order valence-corrected chi connectivity index (χ0v) is 12.8. The molecule has 0 aliphatic rings. The summed E-state index contributed by atoms with van der Waals surface area (Å²) in [6.07, 6.45) is 2.15. The molecule has 1 rings (SSSR count). The molecule has 6 heteroatoms. The SMILES string of the molecule is CCNc1ccc(S(=O)(=O)NC(CC)C(C)C)cn1. The van der Waals surface area contributed by atoms with Crippen molar-refractivity contribution in [2.45, 2.75) is 45.1 Å². The van der Waals surface area contributed by atoms with E-state index in [2.05, 4.69) is 15.0 Å². The highest BCUT2D eigenvalue weighted by molar-refractivity contribution is 7.89. The summed E-state index contributed by atoms with van der Waals surface area (Å²) in [5.41, 5.74) is 0. The topological polar surface area (TPSA) is 71.1 Å². The lowest BCUT2D eigenvalue weighted by Crippen LogP contribution is -2.38. The maximum Gasteiger partial charge on any atom is 0.242 e. The molecule has 1 heterocycles. The largest absolute Gasteiger partial charge is 0.370 e. The number of rotatable bonds is 7. The van der Waals surface area contributed by atoms with E-state index < -0.39 is 10.0 Å². The molecule has 1 aromatic rings. The number of anilines is 1. The molecule has 0 saturated carbocycles. The Morgan fingerprint density at radius 2 is 1.95 bits per heavy atom. The Morgan fingerprint density at radius 1 is 1.26 bits per heavy atom. The smallest absolute Gasteiger partial charge is 0.242 e. The van der Waals surface area contributed by atoms with Gasteiger partial charge in [-0.1, -0.05) is 20.8 Å². The molecule has 0 aromatic carbocycles. The molecule has 108 valence electrons. The molecule has 1 aromatic heterocycles. The molecule has 1 atom stereocenters. The maximum atomic E-state index is 12.2. The van der Waals surface area contributed by atoms with Gasteiger partial charge in [-0.15, -0.1) is 0 Å². The van der Waals surface area contributed by atoms with E-state index in [4.69, 9.17) is 0 Å². The third kappa shape index (κ3) is 4.47. The van der Waals surface area contributed by atoms with Crippen LogP contribution < -0.4 is 10.0 Å². The Kier molecular flexibility index (Phi) is 5.75. The number of aromatic nitrogens is 1. The summed E-state index contributed by atoms with van der Waals surface area (Å²) >= 11 is 0. The van der Waals surface area contributed by atoms with Crippen LogP contribution in [0.5, 0.6) is 0 Å². The summed E-state index contributed by atoms with van der Waals surface area (Å²) in [7, 11) is -3.49. The highest BCUT2D eigenvalue weighted by Gasteiger charge is 2.21. The second-order valence-corrected chi connectivity index (χ2v) is 6.50. The third-order valence-corrected chi connectivity index (χ3v) is 4.43. The maximum absolute atomic E-state index is 12.2. The highest BCUT2D eigenvalue weighted by atomic mass is 32.2. The van der Waals surface area contributed by atoms with Crippen LogP contribution in [-0.2, 0) is 10.0 Å². The van der Waals surface area contributed by atoms with Gasteiger partial charge in [-0.3, -0.25) is 0 Å². The summed E-state index contributed by atoms with van der Waals surface area (Å²) in [5, 5.41) is 3.03. The van der Waals surface area contributed by atoms with Gasteiger partial charge >= 0.3 is 0 Å². The summed E-state index contributed by atoms with van der Waals surface area (Å²) in [6, 6.07) is 3.19. The van der Waals surface area contributed by atoms with Crippen LogP contribution in [0.2, 0.25) is 0 Å². The zero-order chi connectivity index (χ0) is 14.5. The second kappa shape index (κ2) is 6.86. The van der Waals surface area contributed by atoms with Crippen molar-refractivity contribution in [3.63, 3.8) is 0 Å². The average Bonchev–Trinajstić information content (AvgIpc) is 2.37. The van der Waals surface area contributed by atoms with Crippen LogP contribution in [-0.4, -0.2) is 26.0 Å².